The topological polar surface area (TPSA) is 129 Å². The second-order valence-corrected chi connectivity index (χ2v) is 4.07. The first kappa shape index (κ1) is 19.3. The lowest BCUT2D eigenvalue weighted by Crippen LogP contribution is -2.31. The van der Waals surface area contributed by atoms with E-state index in [0.717, 1.165) is 0 Å². The molecular weight excluding hydrogens is 288 g/mol. The maximum atomic E-state index is 11.3. The number of rotatable bonds is 10. The van der Waals surface area contributed by atoms with Gasteiger partial charge in [0.05, 0.1) is 13.2 Å². The van der Waals surface area contributed by atoms with Crippen LogP contribution in [0, 0.1) is 0 Å². The van der Waals surface area contributed by atoms with Crippen LogP contribution in [0.15, 0.2) is 0 Å². The molecule has 21 heavy (non-hydrogen) atoms. The molecule has 9 heteroatoms. The first-order chi connectivity index (χ1) is 9.85. The molecule has 0 aliphatic carbocycles. The predicted molar refractivity (Wildman–Crippen MR) is 67.1 cm³/mol. The first-order valence-corrected chi connectivity index (χ1v) is 6.18. The van der Waals surface area contributed by atoms with Gasteiger partial charge in [-0.1, -0.05) is 0 Å². The van der Waals surface area contributed by atoms with E-state index in [1.54, 1.807) is 0 Å². The Bertz CT molecular complexity index is 342. The maximum Gasteiger partial charge on any atom is 0.332 e. The molecule has 2 atom stereocenters. The summed E-state index contributed by atoms with van der Waals surface area (Å²) in [6, 6.07) is 0. The third-order valence-corrected chi connectivity index (χ3v) is 1.98. The Morgan fingerprint density at radius 1 is 1.00 bits per heavy atom. The van der Waals surface area contributed by atoms with Crippen LogP contribution in [0.25, 0.3) is 0 Å². The van der Waals surface area contributed by atoms with Crippen LogP contribution in [0.1, 0.15) is 13.8 Å². The van der Waals surface area contributed by atoms with Gasteiger partial charge in [0.25, 0.3) is 0 Å². The van der Waals surface area contributed by atoms with Gasteiger partial charge in [-0.25, -0.2) is 4.79 Å². The summed E-state index contributed by atoms with van der Waals surface area (Å²) in [7, 11) is 0. The molecule has 0 aromatic rings. The van der Waals surface area contributed by atoms with Gasteiger partial charge in [0.1, 0.15) is 25.9 Å². The van der Waals surface area contributed by atoms with Crippen molar-refractivity contribution in [1.82, 2.24) is 0 Å². The number of aliphatic hydroxyl groups is 2. The highest BCUT2D eigenvalue weighted by molar-refractivity contribution is 5.71. The zero-order chi connectivity index (χ0) is 16.3. The molecule has 0 saturated heterocycles. The van der Waals surface area contributed by atoms with Crippen molar-refractivity contribution in [3.05, 3.63) is 0 Å². The highest BCUT2D eigenvalue weighted by Gasteiger charge is 2.17. The van der Waals surface area contributed by atoms with Gasteiger partial charge < -0.3 is 29.2 Å². The van der Waals surface area contributed by atoms with Crippen molar-refractivity contribution in [3.63, 3.8) is 0 Å². The van der Waals surface area contributed by atoms with E-state index in [2.05, 4.69) is 4.74 Å². The average Bonchev–Trinajstić information content (AvgIpc) is 2.40. The first-order valence-electron chi connectivity index (χ1n) is 6.18. The molecule has 0 aromatic carbocycles. The summed E-state index contributed by atoms with van der Waals surface area (Å²) >= 11 is 0. The number of carbonyl (C=O) groups is 3. The number of esters is 3. The molecule has 2 N–H and O–H groups in total. The van der Waals surface area contributed by atoms with Crippen LogP contribution in [0.3, 0.4) is 0 Å². The second-order valence-electron chi connectivity index (χ2n) is 4.07. The van der Waals surface area contributed by atoms with Crippen LogP contribution < -0.4 is 0 Å². The summed E-state index contributed by atoms with van der Waals surface area (Å²) < 4.78 is 19.0. The van der Waals surface area contributed by atoms with Crippen molar-refractivity contribution in [2.24, 2.45) is 0 Å². The third kappa shape index (κ3) is 11.8. The summed E-state index contributed by atoms with van der Waals surface area (Å²) in [5.41, 5.74) is 0. The molecule has 0 aromatic heterocycles. The van der Waals surface area contributed by atoms with Crippen LogP contribution in [0.4, 0.5) is 0 Å². The van der Waals surface area contributed by atoms with Gasteiger partial charge in [-0.3, -0.25) is 9.59 Å². The number of ether oxygens (including phenoxy) is 4. The normalized spacial score (nSPS) is 13.1. The molecule has 0 aliphatic heterocycles. The van der Waals surface area contributed by atoms with E-state index >= 15 is 0 Å². The Morgan fingerprint density at radius 3 is 2.14 bits per heavy atom. The van der Waals surface area contributed by atoms with E-state index in [9.17, 15) is 14.4 Å². The lowest BCUT2D eigenvalue weighted by atomic mass is 10.4. The summed E-state index contributed by atoms with van der Waals surface area (Å²) in [5.74, 6) is -1.91. The Kier molecular flexibility index (Phi) is 10.1. The minimum absolute atomic E-state index is 0.216. The van der Waals surface area contributed by atoms with Crippen molar-refractivity contribution in [2.45, 2.75) is 26.1 Å². The maximum absolute atomic E-state index is 11.3. The lowest BCUT2D eigenvalue weighted by molar-refractivity contribution is -0.166. The van der Waals surface area contributed by atoms with Gasteiger partial charge in [-0.15, -0.1) is 0 Å². The van der Waals surface area contributed by atoms with Crippen LogP contribution in [-0.4, -0.2) is 73.4 Å². The summed E-state index contributed by atoms with van der Waals surface area (Å²) in [6.07, 6.45) is -1.98. The number of aliphatic hydroxyl groups excluding tert-OH is 2. The lowest BCUT2D eigenvalue weighted by Gasteiger charge is -2.16. The monoisotopic (exact) mass is 308 g/mol. The number of hydrogen-bond acceptors (Lipinski definition) is 9. The zero-order valence-corrected chi connectivity index (χ0v) is 11.9. The minimum Gasteiger partial charge on any atom is -0.462 e. The quantitative estimate of drug-likeness (QED) is 0.362. The molecule has 0 fully saturated rings. The van der Waals surface area contributed by atoms with Crippen LogP contribution in [-0.2, 0) is 33.3 Å². The number of carbonyl (C=O) groups excluding carboxylic acids is 3. The van der Waals surface area contributed by atoms with Crippen LogP contribution in [0.2, 0.25) is 0 Å². The fraction of sp³-hybridized carbons (Fsp3) is 0.750. The standard InChI is InChI=1S/C12H20O9/c1-8(14)19-5-11(21-9(2)15)6-20-12(17)7-18-4-10(16)3-13/h10-11,13,16H,3-7H2,1-2H3. The van der Waals surface area contributed by atoms with Gasteiger partial charge in [0, 0.05) is 13.8 Å². The molecule has 0 heterocycles. The fourth-order valence-electron chi connectivity index (χ4n) is 1.12. The van der Waals surface area contributed by atoms with Crippen LogP contribution in [0.5, 0.6) is 0 Å². The molecule has 0 rings (SSSR count). The van der Waals surface area contributed by atoms with Crippen molar-refractivity contribution >= 4 is 17.9 Å². The summed E-state index contributed by atoms with van der Waals surface area (Å²) in [5, 5.41) is 17.5. The Morgan fingerprint density at radius 2 is 1.62 bits per heavy atom. The van der Waals surface area contributed by atoms with Gasteiger partial charge in [-0.2, -0.15) is 0 Å². The summed E-state index contributed by atoms with van der Waals surface area (Å²) in [4.78, 5) is 32.8. The van der Waals surface area contributed by atoms with E-state index in [1.165, 1.54) is 13.8 Å². The molecule has 0 bridgehead atoms. The zero-order valence-electron chi connectivity index (χ0n) is 11.9. The minimum atomic E-state index is -1.07. The molecule has 0 spiro atoms. The highest BCUT2D eigenvalue weighted by Crippen LogP contribution is 1.98. The van der Waals surface area contributed by atoms with Crippen molar-refractivity contribution in [3.8, 4) is 0 Å². The van der Waals surface area contributed by atoms with Crippen molar-refractivity contribution in [1.29, 1.82) is 0 Å². The fourth-order valence-corrected chi connectivity index (χ4v) is 1.12. The molecule has 2 unspecified atom stereocenters. The summed E-state index contributed by atoms with van der Waals surface area (Å²) in [6.45, 7) is 0.707. The van der Waals surface area contributed by atoms with E-state index in [4.69, 9.17) is 24.4 Å². The van der Waals surface area contributed by atoms with Gasteiger partial charge in [0.15, 0.2) is 6.10 Å². The molecule has 0 aliphatic rings. The Hall–Kier alpha value is -1.71. The SMILES string of the molecule is CC(=O)OCC(COC(=O)COCC(O)CO)OC(C)=O. The van der Waals surface area contributed by atoms with Gasteiger partial charge in [0.2, 0.25) is 0 Å². The van der Waals surface area contributed by atoms with Crippen LogP contribution >= 0.6 is 0 Å². The van der Waals surface area contributed by atoms with E-state index < -0.39 is 43.3 Å². The van der Waals surface area contributed by atoms with Gasteiger partial charge >= 0.3 is 17.9 Å². The Balaban J connectivity index is 4.00. The van der Waals surface area contributed by atoms with Crippen molar-refractivity contribution < 1.29 is 43.5 Å². The third-order valence-electron chi connectivity index (χ3n) is 1.98. The largest absolute Gasteiger partial charge is 0.462 e. The number of hydrogen-bond donors (Lipinski definition) is 2. The average molecular weight is 308 g/mol. The Labute approximate surface area is 121 Å². The highest BCUT2D eigenvalue weighted by atomic mass is 16.6. The van der Waals surface area contributed by atoms with Crippen molar-refractivity contribution in [2.75, 3.05) is 33.0 Å². The molecular formula is C12H20O9. The molecule has 0 amide bonds. The second kappa shape index (κ2) is 11.0. The molecule has 9 nitrogen and oxygen atoms in total. The van der Waals surface area contributed by atoms with E-state index in [1.807, 2.05) is 0 Å². The molecule has 122 valence electrons. The van der Waals surface area contributed by atoms with E-state index in [0.29, 0.717) is 0 Å². The smallest absolute Gasteiger partial charge is 0.332 e. The molecule has 0 radical (unpaired) electrons. The van der Waals surface area contributed by atoms with Gasteiger partial charge in [-0.05, 0) is 0 Å². The van der Waals surface area contributed by atoms with E-state index in [-0.39, 0.29) is 19.8 Å². The predicted octanol–water partition coefficient (Wildman–Crippen LogP) is -1.61. The molecule has 0 saturated carbocycles.